The SMILES string of the molecule is C[C@@H](NC(=O)C[S@](=O)Cc1cccc2ccccc12)C(=O)N(C)C. The van der Waals surface area contributed by atoms with Crippen molar-refractivity contribution < 1.29 is 13.8 Å². The highest BCUT2D eigenvalue weighted by Gasteiger charge is 2.18. The summed E-state index contributed by atoms with van der Waals surface area (Å²) in [5, 5.41) is 4.72. The molecular weight excluding hydrogens is 324 g/mol. The maximum Gasteiger partial charge on any atom is 0.244 e. The van der Waals surface area contributed by atoms with Crippen LogP contribution in [0.2, 0.25) is 0 Å². The lowest BCUT2D eigenvalue weighted by Gasteiger charge is -2.17. The highest BCUT2D eigenvalue weighted by Crippen LogP contribution is 2.19. The number of hydrogen-bond donors (Lipinski definition) is 1. The van der Waals surface area contributed by atoms with Crippen LogP contribution in [0.5, 0.6) is 0 Å². The maximum absolute atomic E-state index is 12.3. The standard InChI is InChI=1S/C18H22N2O3S/c1-13(18(22)20(2)3)19-17(21)12-24(23)11-15-9-6-8-14-7-4-5-10-16(14)15/h4-10,13H,11-12H2,1-3H3,(H,19,21)/t13-,24-/m1/s1. The average Bonchev–Trinajstić information content (AvgIpc) is 2.54. The van der Waals surface area contributed by atoms with E-state index >= 15 is 0 Å². The molecule has 24 heavy (non-hydrogen) atoms. The van der Waals surface area contributed by atoms with E-state index in [1.54, 1.807) is 21.0 Å². The molecule has 0 spiro atoms. The molecule has 0 fully saturated rings. The Bertz CT molecular complexity index is 768. The number of nitrogens with one attached hydrogen (secondary N) is 1. The number of fused-ring (bicyclic) bond motifs is 1. The molecule has 2 aromatic rings. The minimum Gasteiger partial charge on any atom is -0.347 e. The molecule has 0 saturated heterocycles. The van der Waals surface area contributed by atoms with E-state index < -0.39 is 16.8 Å². The summed E-state index contributed by atoms with van der Waals surface area (Å²) < 4.78 is 12.3. The molecule has 0 aliphatic carbocycles. The summed E-state index contributed by atoms with van der Waals surface area (Å²) in [5.74, 6) is -0.376. The Balaban J connectivity index is 1.97. The van der Waals surface area contributed by atoms with Gasteiger partial charge in [-0.25, -0.2) is 0 Å². The quantitative estimate of drug-likeness (QED) is 0.865. The Labute approximate surface area is 144 Å². The lowest BCUT2D eigenvalue weighted by molar-refractivity contribution is -0.133. The van der Waals surface area contributed by atoms with Crippen LogP contribution in [0.4, 0.5) is 0 Å². The lowest BCUT2D eigenvalue weighted by atomic mass is 10.1. The highest BCUT2D eigenvalue weighted by molar-refractivity contribution is 7.84. The molecule has 2 rings (SSSR count). The smallest absolute Gasteiger partial charge is 0.244 e. The lowest BCUT2D eigenvalue weighted by Crippen LogP contribution is -2.45. The number of carbonyl (C=O) groups excluding carboxylic acids is 2. The van der Waals surface area contributed by atoms with Gasteiger partial charge >= 0.3 is 0 Å². The molecule has 6 heteroatoms. The highest BCUT2D eigenvalue weighted by atomic mass is 32.2. The Kier molecular flexibility index (Phi) is 6.09. The zero-order chi connectivity index (χ0) is 17.7. The van der Waals surface area contributed by atoms with Crippen molar-refractivity contribution in [2.45, 2.75) is 18.7 Å². The van der Waals surface area contributed by atoms with E-state index in [9.17, 15) is 13.8 Å². The van der Waals surface area contributed by atoms with E-state index in [1.165, 1.54) is 4.90 Å². The third kappa shape index (κ3) is 4.64. The molecule has 1 N–H and O–H groups in total. The van der Waals surface area contributed by atoms with Crippen LogP contribution in [-0.4, -0.2) is 46.8 Å². The van der Waals surface area contributed by atoms with Crippen molar-refractivity contribution in [3.05, 3.63) is 48.0 Å². The number of amides is 2. The monoisotopic (exact) mass is 346 g/mol. The minimum atomic E-state index is -1.33. The van der Waals surface area contributed by atoms with Gasteiger partial charge in [0.2, 0.25) is 11.8 Å². The first-order valence-electron chi connectivity index (χ1n) is 7.70. The average molecular weight is 346 g/mol. The van der Waals surface area contributed by atoms with Gasteiger partial charge in [0.25, 0.3) is 0 Å². The second kappa shape index (κ2) is 8.06. The second-order valence-electron chi connectivity index (χ2n) is 5.89. The van der Waals surface area contributed by atoms with Gasteiger partial charge in [-0.15, -0.1) is 0 Å². The van der Waals surface area contributed by atoms with Crippen molar-refractivity contribution in [2.75, 3.05) is 19.8 Å². The molecule has 0 unspecified atom stereocenters. The van der Waals surface area contributed by atoms with Crippen LogP contribution >= 0.6 is 0 Å². The van der Waals surface area contributed by atoms with E-state index in [4.69, 9.17) is 0 Å². The zero-order valence-electron chi connectivity index (χ0n) is 14.1. The van der Waals surface area contributed by atoms with Gasteiger partial charge in [-0.2, -0.15) is 0 Å². The third-order valence-electron chi connectivity index (χ3n) is 3.68. The van der Waals surface area contributed by atoms with Crippen LogP contribution in [0.15, 0.2) is 42.5 Å². The number of hydrogen-bond acceptors (Lipinski definition) is 3. The zero-order valence-corrected chi connectivity index (χ0v) is 14.9. The number of rotatable bonds is 6. The first-order valence-corrected chi connectivity index (χ1v) is 9.19. The summed E-state index contributed by atoms with van der Waals surface area (Å²) in [6, 6.07) is 13.1. The summed E-state index contributed by atoms with van der Waals surface area (Å²) in [6.07, 6.45) is 0. The largest absolute Gasteiger partial charge is 0.347 e. The van der Waals surface area contributed by atoms with Crippen LogP contribution < -0.4 is 5.32 Å². The summed E-state index contributed by atoms with van der Waals surface area (Å²) in [4.78, 5) is 25.1. The number of likely N-dealkylation sites (N-methyl/N-ethyl adjacent to an activating group) is 1. The first-order chi connectivity index (χ1) is 11.4. The van der Waals surface area contributed by atoms with E-state index in [1.807, 2.05) is 42.5 Å². The number of benzene rings is 2. The van der Waals surface area contributed by atoms with Gasteiger partial charge in [0.1, 0.15) is 11.8 Å². The fourth-order valence-electron chi connectivity index (χ4n) is 2.52. The molecule has 0 saturated carbocycles. The summed E-state index contributed by atoms with van der Waals surface area (Å²) >= 11 is 0. The molecule has 0 heterocycles. The summed E-state index contributed by atoms with van der Waals surface area (Å²) in [6.45, 7) is 1.62. The van der Waals surface area contributed by atoms with Crippen molar-refractivity contribution in [1.82, 2.24) is 10.2 Å². The van der Waals surface area contributed by atoms with Crippen molar-refractivity contribution in [2.24, 2.45) is 0 Å². The fraction of sp³-hybridized carbons (Fsp3) is 0.333. The molecule has 0 aromatic heterocycles. The number of nitrogens with zero attached hydrogens (tertiary/aromatic N) is 1. The normalized spacial score (nSPS) is 13.3. The summed E-state index contributed by atoms with van der Waals surface area (Å²) in [5.41, 5.74) is 0.955. The molecule has 0 aliphatic heterocycles. The first kappa shape index (κ1) is 18.1. The van der Waals surface area contributed by atoms with Crippen molar-refractivity contribution in [1.29, 1.82) is 0 Å². The van der Waals surface area contributed by atoms with E-state index in [-0.39, 0.29) is 17.6 Å². The van der Waals surface area contributed by atoms with Gasteiger partial charge in [-0.1, -0.05) is 42.5 Å². The van der Waals surface area contributed by atoms with E-state index in [0.717, 1.165) is 16.3 Å². The Morgan fingerprint density at radius 2 is 1.79 bits per heavy atom. The topological polar surface area (TPSA) is 66.5 Å². The van der Waals surface area contributed by atoms with Gasteiger partial charge in [-0.05, 0) is 23.3 Å². The minimum absolute atomic E-state index is 0.117. The molecule has 128 valence electrons. The molecule has 2 atom stereocenters. The molecule has 2 amide bonds. The van der Waals surface area contributed by atoms with E-state index in [2.05, 4.69) is 5.32 Å². The van der Waals surface area contributed by atoms with Crippen LogP contribution in [0.25, 0.3) is 10.8 Å². The molecule has 0 bridgehead atoms. The van der Waals surface area contributed by atoms with Gasteiger partial charge < -0.3 is 10.2 Å². The van der Waals surface area contributed by atoms with Crippen LogP contribution in [0.1, 0.15) is 12.5 Å². The van der Waals surface area contributed by atoms with Crippen LogP contribution in [0, 0.1) is 0 Å². The Morgan fingerprint density at radius 3 is 2.50 bits per heavy atom. The number of carbonyl (C=O) groups is 2. The van der Waals surface area contributed by atoms with Crippen molar-refractivity contribution in [3.8, 4) is 0 Å². The predicted molar refractivity (Wildman–Crippen MR) is 97.0 cm³/mol. The second-order valence-corrected chi connectivity index (χ2v) is 7.35. The summed E-state index contributed by atoms with van der Waals surface area (Å²) in [7, 11) is 1.92. The van der Waals surface area contributed by atoms with Gasteiger partial charge in [0, 0.05) is 30.6 Å². The maximum atomic E-state index is 12.3. The van der Waals surface area contributed by atoms with Gasteiger partial charge in [0.05, 0.1) is 0 Å². The molecule has 2 aromatic carbocycles. The Morgan fingerprint density at radius 1 is 1.12 bits per heavy atom. The van der Waals surface area contributed by atoms with Crippen molar-refractivity contribution in [3.63, 3.8) is 0 Å². The van der Waals surface area contributed by atoms with Crippen LogP contribution in [-0.2, 0) is 26.1 Å². The molecular formula is C18H22N2O3S. The third-order valence-corrected chi connectivity index (χ3v) is 4.89. The molecule has 0 aliphatic rings. The van der Waals surface area contributed by atoms with E-state index in [0.29, 0.717) is 5.75 Å². The van der Waals surface area contributed by atoms with Gasteiger partial charge in [-0.3, -0.25) is 13.8 Å². The molecule has 0 radical (unpaired) electrons. The van der Waals surface area contributed by atoms with Crippen LogP contribution in [0.3, 0.4) is 0 Å². The molecule has 5 nitrogen and oxygen atoms in total. The Hall–Kier alpha value is -2.21. The van der Waals surface area contributed by atoms with Gasteiger partial charge in [0.15, 0.2) is 0 Å². The fourth-order valence-corrected chi connectivity index (χ4v) is 3.60. The predicted octanol–water partition coefficient (Wildman–Crippen LogP) is 1.68. The van der Waals surface area contributed by atoms with Crippen molar-refractivity contribution >= 4 is 33.4 Å².